The molecule has 2 aromatic rings. The highest BCUT2D eigenvalue weighted by molar-refractivity contribution is 6.34. The van der Waals surface area contributed by atoms with Crippen molar-refractivity contribution in [2.24, 2.45) is 0 Å². The average Bonchev–Trinajstić information content (AvgIpc) is 2.42. The van der Waals surface area contributed by atoms with E-state index in [2.05, 4.69) is 10.3 Å². The lowest BCUT2D eigenvalue weighted by Gasteiger charge is -2.07. The van der Waals surface area contributed by atoms with Crippen LogP contribution in [0.5, 0.6) is 5.75 Å². The predicted octanol–water partition coefficient (Wildman–Crippen LogP) is 3.39. The van der Waals surface area contributed by atoms with Crippen molar-refractivity contribution < 1.29 is 9.53 Å². The van der Waals surface area contributed by atoms with Gasteiger partial charge in [-0.2, -0.15) is 0 Å². The van der Waals surface area contributed by atoms with Crippen LogP contribution in [0.3, 0.4) is 0 Å². The minimum absolute atomic E-state index is 0.267. The van der Waals surface area contributed by atoms with Crippen LogP contribution in [0.1, 0.15) is 17.3 Å². The zero-order chi connectivity index (χ0) is 13.7. The number of carbonyl (C=O) groups is 1. The summed E-state index contributed by atoms with van der Waals surface area (Å²) in [5.41, 5.74) is 1.08. The molecule has 0 spiro atoms. The van der Waals surface area contributed by atoms with Crippen LogP contribution in [-0.2, 0) is 0 Å². The SMILES string of the molecule is CCOc1ccc(NC(=O)c2ccncc2Cl)cc1. The maximum atomic E-state index is 12.0. The first-order valence-corrected chi connectivity index (χ1v) is 6.22. The molecule has 1 N–H and O–H groups in total. The smallest absolute Gasteiger partial charge is 0.257 e. The van der Waals surface area contributed by atoms with E-state index in [1.165, 1.54) is 12.4 Å². The maximum absolute atomic E-state index is 12.0. The van der Waals surface area contributed by atoms with Crippen LogP contribution >= 0.6 is 11.6 Å². The molecule has 0 aliphatic rings. The molecule has 98 valence electrons. The van der Waals surface area contributed by atoms with Gasteiger partial charge in [-0.05, 0) is 37.3 Å². The Morgan fingerprint density at radius 2 is 2.05 bits per heavy atom. The highest BCUT2D eigenvalue weighted by Crippen LogP contribution is 2.18. The monoisotopic (exact) mass is 276 g/mol. The largest absolute Gasteiger partial charge is 0.494 e. The fourth-order valence-corrected chi connectivity index (χ4v) is 1.76. The molecule has 0 fully saturated rings. The van der Waals surface area contributed by atoms with Crippen LogP contribution in [0.2, 0.25) is 5.02 Å². The molecule has 19 heavy (non-hydrogen) atoms. The van der Waals surface area contributed by atoms with Gasteiger partial charge in [-0.25, -0.2) is 0 Å². The second-order valence-corrected chi connectivity index (χ2v) is 4.17. The van der Waals surface area contributed by atoms with Crippen LogP contribution in [0.4, 0.5) is 5.69 Å². The number of carbonyl (C=O) groups excluding carboxylic acids is 1. The molecule has 2 rings (SSSR count). The average molecular weight is 277 g/mol. The Morgan fingerprint density at radius 1 is 1.32 bits per heavy atom. The fraction of sp³-hybridized carbons (Fsp3) is 0.143. The third kappa shape index (κ3) is 3.45. The van der Waals surface area contributed by atoms with E-state index < -0.39 is 0 Å². The number of amides is 1. The van der Waals surface area contributed by atoms with Crippen molar-refractivity contribution in [2.45, 2.75) is 6.92 Å². The molecule has 4 nitrogen and oxygen atoms in total. The van der Waals surface area contributed by atoms with Gasteiger partial charge in [-0.15, -0.1) is 0 Å². The number of aromatic nitrogens is 1. The van der Waals surface area contributed by atoms with Crippen molar-refractivity contribution in [3.63, 3.8) is 0 Å². The number of halogens is 1. The lowest BCUT2D eigenvalue weighted by Crippen LogP contribution is -2.12. The van der Waals surface area contributed by atoms with Crippen LogP contribution in [-0.4, -0.2) is 17.5 Å². The van der Waals surface area contributed by atoms with Crippen molar-refractivity contribution in [3.8, 4) is 5.75 Å². The molecule has 5 heteroatoms. The molecular weight excluding hydrogens is 264 g/mol. The molecule has 0 saturated carbocycles. The number of rotatable bonds is 4. The Morgan fingerprint density at radius 3 is 2.68 bits per heavy atom. The lowest BCUT2D eigenvalue weighted by molar-refractivity contribution is 0.102. The van der Waals surface area contributed by atoms with E-state index in [-0.39, 0.29) is 5.91 Å². The zero-order valence-corrected chi connectivity index (χ0v) is 11.1. The van der Waals surface area contributed by atoms with Crippen LogP contribution in [0.25, 0.3) is 0 Å². The fourth-order valence-electron chi connectivity index (χ4n) is 1.56. The third-order valence-electron chi connectivity index (χ3n) is 2.44. The Bertz CT molecular complexity index is 570. The molecule has 1 amide bonds. The second kappa shape index (κ2) is 6.20. The van der Waals surface area contributed by atoms with E-state index in [0.29, 0.717) is 22.9 Å². The van der Waals surface area contributed by atoms with Gasteiger partial charge in [0.05, 0.1) is 17.2 Å². The molecule has 0 unspecified atom stereocenters. The van der Waals surface area contributed by atoms with Gasteiger partial charge in [-0.1, -0.05) is 11.6 Å². The summed E-state index contributed by atoms with van der Waals surface area (Å²) in [4.78, 5) is 15.8. The standard InChI is InChI=1S/C14H13ClN2O2/c1-2-19-11-5-3-10(4-6-11)17-14(18)12-7-8-16-9-13(12)15/h3-9H,2H2,1H3,(H,17,18). The van der Waals surface area contributed by atoms with Crippen molar-refractivity contribution in [1.29, 1.82) is 0 Å². The van der Waals surface area contributed by atoms with E-state index in [9.17, 15) is 4.79 Å². The minimum Gasteiger partial charge on any atom is -0.494 e. The van der Waals surface area contributed by atoms with Crippen LogP contribution < -0.4 is 10.1 Å². The molecule has 0 saturated heterocycles. The maximum Gasteiger partial charge on any atom is 0.257 e. The van der Waals surface area contributed by atoms with E-state index in [1.807, 2.05) is 6.92 Å². The van der Waals surface area contributed by atoms with Gasteiger partial charge in [-0.3, -0.25) is 9.78 Å². The van der Waals surface area contributed by atoms with Gasteiger partial charge in [0.2, 0.25) is 0 Å². The van der Waals surface area contributed by atoms with Crippen molar-refractivity contribution >= 4 is 23.2 Å². The number of ether oxygens (including phenoxy) is 1. The second-order valence-electron chi connectivity index (χ2n) is 3.77. The van der Waals surface area contributed by atoms with E-state index in [1.54, 1.807) is 30.3 Å². The highest BCUT2D eigenvalue weighted by atomic mass is 35.5. The van der Waals surface area contributed by atoms with Gasteiger partial charge in [0.25, 0.3) is 5.91 Å². The van der Waals surface area contributed by atoms with E-state index in [4.69, 9.17) is 16.3 Å². The number of anilines is 1. The number of hydrogen-bond acceptors (Lipinski definition) is 3. The van der Waals surface area contributed by atoms with Crippen molar-refractivity contribution in [2.75, 3.05) is 11.9 Å². The first-order chi connectivity index (χ1) is 9.20. The Labute approximate surface area is 116 Å². The topological polar surface area (TPSA) is 51.2 Å². The summed E-state index contributed by atoms with van der Waals surface area (Å²) >= 11 is 5.91. The lowest BCUT2D eigenvalue weighted by atomic mass is 10.2. The predicted molar refractivity (Wildman–Crippen MR) is 74.8 cm³/mol. The summed E-state index contributed by atoms with van der Waals surface area (Å²) in [5, 5.41) is 3.09. The molecule has 0 radical (unpaired) electrons. The molecule has 1 heterocycles. The molecular formula is C14H13ClN2O2. The zero-order valence-electron chi connectivity index (χ0n) is 10.4. The summed E-state index contributed by atoms with van der Waals surface area (Å²) in [6.07, 6.45) is 2.97. The Kier molecular flexibility index (Phi) is 4.36. The van der Waals surface area contributed by atoms with Gasteiger partial charge in [0.15, 0.2) is 0 Å². The molecule has 0 aliphatic carbocycles. The quantitative estimate of drug-likeness (QED) is 0.931. The summed E-state index contributed by atoms with van der Waals surface area (Å²) in [6, 6.07) is 8.72. The van der Waals surface area contributed by atoms with Gasteiger partial charge >= 0.3 is 0 Å². The molecule has 0 aliphatic heterocycles. The first kappa shape index (κ1) is 13.4. The van der Waals surface area contributed by atoms with Gasteiger partial charge in [0.1, 0.15) is 5.75 Å². The van der Waals surface area contributed by atoms with Crippen LogP contribution in [0, 0.1) is 0 Å². The number of nitrogens with zero attached hydrogens (tertiary/aromatic N) is 1. The summed E-state index contributed by atoms with van der Waals surface area (Å²) in [7, 11) is 0. The van der Waals surface area contributed by atoms with E-state index in [0.717, 1.165) is 5.75 Å². The normalized spacial score (nSPS) is 10.0. The first-order valence-electron chi connectivity index (χ1n) is 5.84. The minimum atomic E-state index is -0.267. The number of benzene rings is 1. The molecule has 0 bridgehead atoms. The summed E-state index contributed by atoms with van der Waals surface area (Å²) < 4.78 is 5.33. The Hall–Kier alpha value is -2.07. The summed E-state index contributed by atoms with van der Waals surface area (Å²) in [6.45, 7) is 2.53. The Balaban J connectivity index is 2.09. The molecule has 0 atom stereocenters. The number of pyridine rings is 1. The third-order valence-corrected chi connectivity index (χ3v) is 2.74. The molecule has 1 aromatic carbocycles. The van der Waals surface area contributed by atoms with E-state index >= 15 is 0 Å². The summed E-state index contributed by atoms with van der Waals surface area (Å²) in [5.74, 6) is 0.499. The van der Waals surface area contributed by atoms with Crippen molar-refractivity contribution in [1.82, 2.24) is 4.98 Å². The van der Waals surface area contributed by atoms with Gasteiger partial charge in [0, 0.05) is 18.1 Å². The molecule has 1 aromatic heterocycles. The van der Waals surface area contributed by atoms with Crippen LogP contribution in [0.15, 0.2) is 42.7 Å². The highest BCUT2D eigenvalue weighted by Gasteiger charge is 2.10. The van der Waals surface area contributed by atoms with Crippen molar-refractivity contribution in [3.05, 3.63) is 53.3 Å². The number of nitrogens with one attached hydrogen (secondary N) is 1. The van der Waals surface area contributed by atoms with Gasteiger partial charge < -0.3 is 10.1 Å². The number of hydrogen-bond donors (Lipinski definition) is 1.